The van der Waals surface area contributed by atoms with Gasteiger partial charge in [0.2, 0.25) is 0 Å². The Morgan fingerprint density at radius 2 is 1.00 bits per heavy atom. The first-order valence-electron chi connectivity index (χ1n) is 17.5. The molecule has 10 atom stereocenters. The van der Waals surface area contributed by atoms with Gasteiger partial charge < -0.3 is 0 Å². The Bertz CT molecular complexity index is 804. The summed E-state index contributed by atoms with van der Waals surface area (Å²) in [7, 11) is 0. The lowest BCUT2D eigenvalue weighted by molar-refractivity contribution is -0.0443. The van der Waals surface area contributed by atoms with Crippen LogP contribution in [-0.4, -0.2) is 0 Å². The second-order valence-electron chi connectivity index (χ2n) is 18.0. The Morgan fingerprint density at radius 3 is 1.50 bits per heavy atom. The highest BCUT2D eigenvalue weighted by Gasteiger charge is 2.69. The summed E-state index contributed by atoms with van der Waals surface area (Å²) < 4.78 is 0. The molecule has 10 unspecified atom stereocenters. The van der Waals surface area contributed by atoms with Crippen LogP contribution < -0.4 is 0 Å². The molecular weight excluding hydrogens is 456 g/mol. The molecule has 0 N–H and O–H groups in total. The molecule has 0 spiro atoms. The van der Waals surface area contributed by atoms with Crippen LogP contribution in [0.1, 0.15) is 148 Å². The standard InChI is InChI=1S/C20H36.C18H34/c1-8-13(9-2)14-10-12(3)17-15-11-16(18(14)17)20(6,7)19(15,4)5;1-8-13(9-2)14-10-12(3)15-11-17(4,5)18(6,7)16(14)15/h12-18H,8-11H2,1-7H3;12-16H,8-11H2,1-7H3. The summed E-state index contributed by atoms with van der Waals surface area (Å²) in [6.07, 6.45) is 11.6. The molecule has 38 heavy (non-hydrogen) atoms. The molecule has 5 aliphatic rings. The summed E-state index contributed by atoms with van der Waals surface area (Å²) in [5.74, 6) is 12.0. The van der Waals surface area contributed by atoms with Crippen LogP contribution in [0.15, 0.2) is 0 Å². The highest BCUT2D eigenvalue weighted by molar-refractivity contribution is 5.17. The van der Waals surface area contributed by atoms with Crippen molar-refractivity contribution in [3.63, 3.8) is 0 Å². The van der Waals surface area contributed by atoms with Crippen LogP contribution in [-0.2, 0) is 0 Å². The average Bonchev–Trinajstić information content (AvgIpc) is 3.55. The topological polar surface area (TPSA) is 0 Å². The van der Waals surface area contributed by atoms with E-state index in [1.807, 2.05) is 0 Å². The van der Waals surface area contributed by atoms with Crippen LogP contribution >= 0.6 is 0 Å². The second kappa shape index (κ2) is 10.4. The van der Waals surface area contributed by atoms with E-state index in [0.29, 0.717) is 21.7 Å². The van der Waals surface area contributed by atoms with E-state index in [9.17, 15) is 0 Å². The lowest BCUT2D eigenvalue weighted by Gasteiger charge is -2.52. The van der Waals surface area contributed by atoms with E-state index in [4.69, 9.17) is 0 Å². The molecule has 0 heterocycles. The molecule has 0 saturated heterocycles. The van der Waals surface area contributed by atoms with Gasteiger partial charge in [0.15, 0.2) is 0 Å². The molecule has 2 bridgehead atoms. The summed E-state index contributed by atoms with van der Waals surface area (Å²) in [4.78, 5) is 0. The first-order chi connectivity index (χ1) is 17.5. The Morgan fingerprint density at radius 1 is 0.553 bits per heavy atom. The van der Waals surface area contributed by atoms with E-state index in [1.54, 1.807) is 0 Å². The quantitative estimate of drug-likeness (QED) is 0.323. The summed E-state index contributed by atoms with van der Waals surface area (Å²) in [6, 6.07) is 0. The third-order valence-electron chi connectivity index (χ3n) is 16.1. The van der Waals surface area contributed by atoms with Crippen LogP contribution in [0.25, 0.3) is 0 Å². The van der Waals surface area contributed by atoms with Gasteiger partial charge in [-0.2, -0.15) is 0 Å². The maximum absolute atomic E-state index is 2.58. The van der Waals surface area contributed by atoms with Crippen molar-refractivity contribution < 1.29 is 0 Å². The van der Waals surface area contributed by atoms with Gasteiger partial charge in [-0.1, -0.05) is 123 Å². The van der Waals surface area contributed by atoms with Crippen molar-refractivity contribution in [3.05, 3.63) is 0 Å². The van der Waals surface area contributed by atoms with Gasteiger partial charge in [0.25, 0.3) is 0 Å². The third-order valence-corrected chi connectivity index (χ3v) is 16.1. The minimum Gasteiger partial charge on any atom is -0.0651 e. The second-order valence-corrected chi connectivity index (χ2v) is 18.0. The zero-order valence-electron chi connectivity index (χ0n) is 28.6. The highest BCUT2D eigenvalue weighted by atomic mass is 14.7. The molecular formula is C38H70. The molecule has 0 nitrogen and oxygen atoms in total. The Labute approximate surface area is 240 Å². The molecule has 0 aromatic rings. The van der Waals surface area contributed by atoms with Gasteiger partial charge in [0.05, 0.1) is 0 Å². The van der Waals surface area contributed by atoms with E-state index >= 15 is 0 Å². The van der Waals surface area contributed by atoms with Gasteiger partial charge in [0, 0.05) is 0 Å². The minimum atomic E-state index is 0.523. The van der Waals surface area contributed by atoms with Gasteiger partial charge in [-0.25, -0.2) is 0 Å². The predicted octanol–water partition coefficient (Wildman–Crippen LogP) is 11.8. The molecule has 0 aromatic carbocycles. The first kappa shape index (κ1) is 30.9. The van der Waals surface area contributed by atoms with Crippen LogP contribution in [0, 0.1) is 92.7 Å². The van der Waals surface area contributed by atoms with E-state index in [0.717, 1.165) is 71.0 Å². The van der Waals surface area contributed by atoms with Crippen LogP contribution in [0.4, 0.5) is 0 Å². The van der Waals surface area contributed by atoms with Crippen LogP contribution in [0.5, 0.6) is 0 Å². The fourth-order valence-corrected chi connectivity index (χ4v) is 12.6. The number of rotatable bonds is 6. The van der Waals surface area contributed by atoms with Crippen molar-refractivity contribution in [3.8, 4) is 0 Å². The number of hydrogen-bond acceptors (Lipinski definition) is 0. The normalized spacial score (nSPS) is 44.8. The molecule has 0 aliphatic heterocycles. The zero-order chi connectivity index (χ0) is 28.6. The molecule has 0 radical (unpaired) electrons. The molecule has 0 heteroatoms. The first-order valence-corrected chi connectivity index (χ1v) is 17.5. The van der Waals surface area contributed by atoms with Crippen molar-refractivity contribution in [2.75, 3.05) is 0 Å². The minimum absolute atomic E-state index is 0.523. The molecule has 0 aromatic heterocycles. The average molecular weight is 527 g/mol. The fourth-order valence-electron chi connectivity index (χ4n) is 12.6. The predicted molar refractivity (Wildman–Crippen MR) is 168 cm³/mol. The van der Waals surface area contributed by atoms with E-state index in [1.165, 1.54) is 51.4 Å². The van der Waals surface area contributed by atoms with Crippen LogP contribution in [0.2, 0.25) is 0 Å². The largest absolute Gasteiger partial charge is 0.0651 e. The van der Waals surface area contributed by atoms with Gasteiger partial charge in [-0.15, -0.1) is 0 Å². The molecule has 5 saturated carbocycles. The summed E-state index contributed by atoms with van der Waals surface area (Å²) in [6.45, 7) is 35.2. The molecule has 5 fully saturated rings. The van der Waals surface area contributed by atoms with Crippen molar-refractivity contribution in [2.24, 2.45) is 92.7 Å². The monoisotopic (exact) mass is 527 g/mol. The maximum Gasteiger partial charge on any atom is -0.0269 e. The van der Waals surface area contributed by atoms with Crippen LogP contribution in [0.3, 0.4) is 0 Å². The van der Waals surface area contributed by atoms with E-state index < -0.39 is 0 Å². The lowest BCUT2D eigenvalue weighted by atomic mass is 9.52. The van der Waals surface area contributed by atoms with Crippen molar-refractivity contribution in [1.29, 1.82) is 0 Å². The summed E-state index contributed by atoms with van der Waals surface area (Å²) in [5.41, 5.74) is 2.15. The van der Waals surface area contributed by atoms with E-state index in [2.05, 4.69) is 96.9 Å². The SMILES string of the molecule is CCC(CC)C1CC(C)C2C1C1CC2C(C)(C)C1(C)C.CCC(CC)C1CC(C)C2CC(C)(C)C(C)(C)C21. The third kappa shape index (κ3) is 4.32. The van der Waals surface area contributed by atoms with Crippen molar-refractivity contribution >= 4 is 0 Å². The van der Waals surface area contributed by atoms with Gasteiger partial charge in [-0.05, 0) is 118 Å². The number of fused-ring (bicyclic) bond motifs is 6. The highest BCUT2D eigenvalue weighted by Crippen LogP contribution is 2.75. The molecule has 5 aliphatic carbocycles. The van der Waals surface area contributed by atoms with Crippen molar-refractivity contribution in [2.45, 2.75) is 148 Å². The van der Waals surface area contributed by atoms with E-state index in [-0.39, 0.29) is 0 Å². The van der Waals surface area contributed by atoms with Gasteiger partial charge in [-0.3, -0.25) is 0 Å². The summed E-state index contributed by atoms with van der Waals surface area (Å²) >= 11 is 0. The maximum atomic E-state index is 2.58. The van der Waals surface area contributed by atoms with Gasteiger partial charge in [0.1, 0.15) is 0 Å². The Hall–Kier alpha value is 0. The van der Waals surface area contributed by atoms with Gasteiger partial charge >= 0.3 is 0 Å². The molecule has 222 valence electrons. The summed E-state index contributed by atoms with van der Waals surface area (Å²) in [5, 5.41) is 0. The zero-order valence-corrected chi connectivity index (χ0v) is 28.6. The smallest absolute Gasteiger partial charge is 0.0269 e. The lowest BCUT2D eigenvalue weighted by Crippen LogP contribution is -2.47. The number of hydrogen-bond donors (Lipinski definition) is 0. The Balaban J connectivity index is 0.000000178. The fraction of sp³-hybridized carbons (Fsp3) is 1.00. The van der Waals surface area contributed by atoms with Crippen molar-refractivity contribution in [1.82, 2.24) is 0 Å². The molecule has 5 rings (SSSR count). The molecule has 0 amide bonds. The Kier molecular flexibility index (Phi) is 8.45.